The molecule has 4 N–H and O–H groups in total. The molecule has 1 aliphatic carbocycles. The van der Waals surface area contributed by atoms with Crippen molar-refractivity contribution in [3.63, 3.8) is 0 Å². The lowest BCUT2D eigenvalue weighted by atomic mass is 9.94. The van der Waals surface area contributed by atoms with Crippen LogP contribution in [0.2, 0.25) is 0 Å². The second-order valence-electron chi connectivity index (χ2n) is 5.42. The average molecular weight is 256 g/mol. The first-order valence-electron chi connectivity index (χ1n) is 7.29. The first kappa shape index (κ1) is 15.4. The molecule has 1 saturated carbocycles. The van der Waals surface area contributed by atoms with Crippen molar-refractivity contribution in [2.45, 2.75) is 52.1 Å². The molecule has 0 saturated heterocycles. The molecule has 1 aliphatic rings. The van der Waals surface area contributed by atoms with Crippen LogP contribution in [0.5, 0.6) is 0 Å². The van der Waals surface area contributed by atoms with Crippen molar-refractivity contribution in [3.8, 4) is 0 Å². The molecule has 0 aliphatic heterocycles. The van der Waals surface area contributed by atoms with Crippen LogP contribution in [-0.2, 0) is 4.79 Å². The molecule has 0 aromatic carbocycles. The Kier molecular flexibility index (Phi) is 6.65. The molecule has 0 heterocycles. The lowest BCUT2D eigenvalue weighted by Gasteiger charge is -2.22. The van der Waals surface area contributed by atoms with Gasteiger partial charge in [-0.15, -0.1) is 0 Å². The Labute approximate surface area is 110 Å². The number of aliphatic hydroxyl groups excluding tert-OH is 1. The van der Waals surface area contributed by atoms with Gasteiger partial charge in [-0.1, -0.05) is 33.1 Å². The van der Waals surface area contributed by atoms with Gasteiger partial charge in [0.15, 0.2) is 0 Å². The fraction of sp³-hybridized carbons (Fsp3) is 0.929. The highest BCUT2D eigenvalue weighted by Gasteiger charge is 2.32. The molecule has 1 rings (SSSR count). The maximum Gasteiger partial charge on any atom is 0.223 e. The van der Waals surface area contributed by atoms with Crippen molar-refractivity contribution < 1.29 is 9.90 Å². The van der Waals surface area contributed by atoms with E-state index in [2.05, 4.69) is 19.2 Å². The zero-order valence-electron chi connectivity index (χ0n) is 11.7. The van der Waals surface area contributed by atoms with Gasteiger partial charge in [-0.05, 0) is 31.2 Å². The van der Waals surface area contributed by atoms with E-state index in [1.54, 1.807) is 0 Å². The molecule has 0 spiro atoms. The van der Waals surface area contributed by atoms with Gasteiger partial charge < -0.3 is 16.2 Å². The Balaban J connectivity index is 2.36. The first-order valence-corrected chi connectivity index (χ1v) is 7.29. The smallest absolute Gasteiger partial charge is 0.223 e. The molecule has 3 unspecified atom stereocenters. The van der Waals surface area contributed by atoms with E-state index in [9.17, 15) is 9.90 Å². The minimum absolute atomic E-state index is 0.0592. The second kappa shape index (κ2) is 7.74. The highest BCUT2D eigenvalue weighted by atomic mass is 16.3. The third-order valence-corrected chi connectivity index (χ3v) is 4.38. The van der Waals surface area contributed by atoms with Crippen LogP contribution >= 0.6 is 0 Å². The fourth-order valence-electron chi connectivity index (χ4n) is 3.00. The summed E-state index contributed by atoms with van der Waals surface area (Å²) in [4.78, 5) is 12.0. The summed E-state index contributed by atoms with van der Waals surface area (Å²) >= 11 is 0. The van der Waals surface area contributed by atoms with E-state index in [1.165, 1.54) is 0 Å². The predicted octanol–water partition coefficient (Wildman–Crippen LogP) is 1.27. The van der Waals surface area contributed by atoms with Crippen LogP contribution < -0.4 is 11.1 Å². The number of nitrogens with one attached hydrogen (secondary N) is 1. The number of amides is 1. The summed E-state index contributed by atoms with van der Waals surface area (Å²) < 4.78 is 0. The van der Waals surface area contributed by atoms with Gasteiger partial charge in [0, 0.05) is 12.5 Å². The fourth-order valence-corrected chi connectivity index (χ4v) is 3.00. The molecule has 0 aromatic heterocycles. The second-order valence-corrected chi connectivity index (χ2v) is 5.42. The van der Waals surface area contributed by atoms with Crippen LogP contribution in [0.4, 0.5) is 0 Å². The van der Waals surface area contributed by atoms with Gasteiger partial charge in [-0.25, -0.2) is 0 Å². The van der Waals surface area contributed by atoms with Crippen molar-refractivity contribution in [3.05, 3.63) is 0 Å². The Morgan fingerprint density at radius 2 is 2.06 bits per heavy atom. The third kappa shape index (κ3) is 3.95. The summed E-state index contributed by atoms with van der Waals surface area (Å²) in [5.74, 6) is 0.742. The van der Waals surface area contributed by atoms with Crippen molar-refractivity contribution in [1.82, 2.24) is 5.32 Å². The van der Waals surface area contributed by atoms with E-state index < -0.39 is 6.10 Å². The number of hydrogen-bond donors (Lipinski definition) is 3. The zero-order valence-corrected chi connectivity index (χ0v) is 11.7. The molecule has 3 atom stereocenters. The monoisotopic (exact) mass is 256 g/mol. The highest BCUT2D eigenvalue weighted by molar-refractivity contribution is 5.79. The molecular formula is C14H28N2O2. The van der Waals surface area contributed by atoms with Crippen molar-refractivity contribution in [2.24, 2.45) is 23.5 Å². The normalized spacial score (nSPS) is 25.4. The molecule has 4 nitrogen and oxygen atoms in total. The summed E-state index contributed by atoms with van der Waals surface area (Å²) in [7, 11) is 0. The van der Waals surface area contributed by atoms with Gasteiger partial charge in [0.25, 0.3) is 0 Å². The summed E-state index contributed by atoms with van der Waals surface area (Å²) in [6.07, 6.45) is 4.56. The number of aliphatic hydroxyl groups is 1. The van der Waals surface area contributed by atoms with Crippen LogP contribution in [-0.4, -0.2) is 30.2 Å². The van der Waals surface area contributed by atoms with Crippen molar-refractivity contribution >= 4 is 5.91 Å². The quantitative estimate of drug-likeness (QED) is 0.642. The van der Waals surface area contributed by atoms with E-state index in [1.807, 2.05) is 0 Å². The molecule has 18 heavy (non-hydrogen) atoms. The summed E-state index contributed by atoms with van der Waals surface area (Å²) in [6.45, 7) is 5.10. The largest absolute Gasteiger partial charge is 0.391 e. The molecule has 1 fully saturated rings. The van der Waals surface area contributed by atoms with Crippen LogP contribution in [0.3, 0.4) is 0 Å². The van der Waals surface area contributed by atoms with Gasteiger partial charge >= 0.3 is 0 Å². The summed E-state index contributed by atoms with van der Waals surface area (Å²) in [6, 6.07) is 0. The summed E-state index contributed by atoms with van der Waals surface area (Å²) in [5, 5.41) is 12.9. The number of carbonyl (C=O) groups excluding carboxylic acids is 1. The standard InChI is InChI=1S/C14H28N2O2/c1-3-10(4-2)13(17)9-16-14(18)12-7-5-6-11(12)8-15/h10-13,17H,3-9,15H2,1-2H3,(H,16,18). The SMILES string of the molecule is CCC(CC)C(O)CNC(=O)C1CCCC1CN. The molecule has 0 bridgehead atoms. The molecule has 106 valence electrons. The minimum Gasteiger partial charge on any atom is -0.391 e. The van der Waals surface area contributed by atoms with Crippen LogP contribution in [0.25, 0.3) is 0 Å². The molecule has 0 radical (unpaired) electrons. The van der Waals surface area contributed by atoms with E-state index in [4.69, 9.17) is 5.73 Å². The Hall–Kier alpha value is -0.610. The van der Waals surface area contributed by atoms with E-state index >= 15 is 0 Å². The van der Waals surface area contributed by atoms with Gasteiger partial charge in [-0.2, -0.15) is 0 Å². The molecular weight excluding hydrogens is 228 g/mol. The Morgan fingerprint density at radius 3 is 2.61 bits per heavy atom. The van der Waals surface area contributed by atoms with Gasteiger partial charge in [-0.3, -0.25) is 4.79 Å². The van der Waals surface area contributed by atoms with Crippen LogP contribution in [0.15, 0.2) is 0 Å². The van der Waals surface area contributed by atoms with Gasteiger partial charge in [0.1, 0.15) is 0 Å². The number of hydrogen-bond acceptors (Lipinski definition) is 3. The van der Waals surface area contributed by atoms with Crippen molar-refractivity contribution in [2.75, 3.05) is 13.1 Å². The topological polar surface area (TPSA) is 75.3 Å². The first-order chi connectivity index (χ1) is 8.63. The van der Waals surface area contributed by atoms with E-state index in [0.29, 0.717) is 19.0 Å². The minimum atomic E-state index is -0.429. The molecule has 0 aromatic rings. The maximum absolute atomic E-state index is 12.0. The number of rotatable bonds is 7. The lowest BCUT2D eigenvalue weighted by molar-refractivity contribution is -0.126. The number of nitrogens with two attached hydrogens (primary N) is 1. The van der Waals surface area contributed by atoms with E-state index in [0.717, 1.165) is 32.1 Å². The number of carbonyl (C=O) groups is 1. The van der Waals surface area contributed by atoms with Crippen molar-refractivity contribution in [1.29, 1.82) is 0 Å². The van der Waals surface area contributed by atoms with E-state index in [-0.39, 0.29) is 17.7 Å². The molecule has 1 amide bonds. The van der Waals surface area contributed by atoms with Crippen LogP contribution in [0.1, 0.15) is 46.0 Å². The Morgan fingerprint density at radius 1 is 1.39 bits per heavy atom. The average Bonchev–Trinajstić information content (AvgIpc) is 2.85. The van der Waals surface area contributed by atoms with Crippen LogP contribution in [0, 0.1) is 17.8 Å². The van der Waals surface area contributed by atoms with Gasteiger partial charge in [0.2, 0.25) is 5.91 Å². The lowest BCUT2D eigenvalue weighted by Crippen LogP contribution is -2.40. The Bertz CT molecular complexity index is 254. The molecule has 4 heteroatoms. The van der Waals surface area contributed by atoms with Gasteiger partial charge in [0.05, 0.1) is 6.10 Å². The maximum atomic E-state index is 12.0. The summed E-state index contributed by atoms with van der Waals surface area (Å²) in [5.41, 5.74) is 5.68. The third-order valence-electron chi connectivity index (χ3n) is 4.38. The zero-order chi connectivity index (χ0) is 13.5. The predicted molar refractivity (Wildman–Crippen MR) is 73.0 cm³/mol. The highest BCUT2D eigenvalue weighted by Crippen LogP contribution is 2.30.